The van der Waals surface area contributed by atoms with Crippen LogP contribution in [0.1, 0.15) is 72.9 Å². The van der Waals surface area contributed by atoms with E-state index in [9.17, 15) is 24.6 Å². The number of aliphatic hydroxyl groups excluding tert-OH is 2. The summed E-state index contributed by atoms with van der Waals surface area (Å²) in [4.78, 5) is 37.0. The molecule has 0 amide bonds. The van der Waals surface area contributed by atoms with Crippen LogP contribution < -0.4 is 0 Å². The zero-order valence-electron chi connectivity index (χ0n) is 25.2. The van der Waals surface area contributed by atoms with Crippen molar-refractivity contribution in [3.63, 3.8) is 0 Å². The van der Waals surface area contributed by atoms with Gasteiger partial charge in [0.25, 0.3) is 0 Å². The Hall–Kier alpha value is -3.50. The minimum absolute atomic E-state index is 0.0268. The lowest BCUT2D eigenvalue weighted by molar-refractivity contribution is -0.201. The van der Waals surface area contributed by atoms with Gasteiger partial charge in [0, 0.05) is 22.3 Å². The number of carboxylic acid groups (broad SMARTS) is 1. The Balaban J connectivity index is 1.17. The summed E-state index contributed by atoms with van der Waals surface area (Å²) in [5.41, 5.74) is -0.0716. The zero-order valence-corrected chi connectivity index (χ0v) is 25.2. The number of carbonyl (C=O) groups is 3. The Morgan fingerprint density at radius 2 is 1.82 bits per heavy atom. The molecule has 0 spiro atoms. The fourth-order valence-electron chi connectivity index (χ4n) is 9.70. The van der Waals surface area contributed by atoms with E-state index in [0.717, 1.165) is 17.6 Å². The lowest BCUT2D eigenvalue weighted by Crippen LogP contribution is -2.63. The standard InChI is InChI=1S/C36H37FO8/c1-34-12-11-23(39)15-22(34)8-10-24-26-16-30-36(29(41)18-38,35(26,2)17-28(40)31(24)34)45-33(44-30)25-9-5-20(14-27(25)37)13-19-3-6-21(7-4-19)32(42)43/h3-7,9,11-12,14-15,24,26,28,30-31,33,38,40H,8,10,13,16-18H2,1-2H3,(H,42,43)/t24-,26?,28-,30+,31?,33-,34-,35-,36+/m0/s1. The van der Waals surface area contributed by atoms with E-state index in [1.165, 1.54) is 18.2 Å². The highest BCUT2D eigenvalue weighted by Crippen LogP contribution is 2.70. The molecule has 2 unspecified atom stereocenters. The smallest absolute Gasteiger partial charge is 0.335 e. The summed E-state index contributed by atoms with van der Waals surface area (Å²) in [6.45, 7) is 3.26. The Kier molecular flexibility index (Phi) is 7.05. The van der Waals surface area contributed by atoms with Gasteiger partial charge in [0.05, 0.1) is 17.8 Å². The molecule has 4 aliphatic carbocycles. The van der Waals surface area contributed by atoms with Gasteiger partial charge in [-0.3, -0.25) is 9.59 Å². The first-order chi connectivity index (χ1) is 21.4. The van der Waals surface area contributed by atoms with Crippen LogP contribution in [0, 0.1) is 34.4 Å². The third-order valence-electron chi connectivity index (χ3n) is 11.7. The Labute approximate surface area is 260 Å². The summed E-state index contributed by atoms with van der Waals surface area (Å²) >= 11 is 0. The molecule has 7 rings (SSSR count). The number of hydrogen-bond donors (Lipinski definition) is 3. The van der Waals surface area contributed by atoms with Gasteiger partial charge in [-0.1, -0.05) is 49.8 Å². The summed E-state index contributed by atoms with van der Waals surface area (Å²) in [6.07, 6.45) is 5.06. The summed E-state index contributed by atoms with van der Waals surface area (Å²) in [6, 6.07) is 11.1. The van der Waals surface area contributed by atoms with Crippen molar-refractivity contribution in [3.05, 3.63) is 94.3 Å². The molecule has 9 atom stereocenters. The van der Waals surface area contributed by atoms with Crippen molar-refractivity contribution in [2.75, 3.05) is 6.61 Å². The average molecular weight is 617 g/mol. The van der Waals surface area contributed by atoms with Crippen LogP contribution in [0.15, 0.2) is 66.3 Å². The zero-order chi connectivity index (χ0) is 31.9. The van der Waals surface area contributed by atoms with E-state index in [2.05, 4.69) is 6.92 Å². The van der Waals surface area contributed by atoms with Gasteiger partial charge in [-0.05, 0) is 85.4 Å². The average Bonchev–Trinajstić information content (AvgIpc) is 3.50. The summed E-state index contributed by atoms with van der Waals surface area (Å²) in [5.74, 6) is -2.33. The number of ether oxygens (including phenoxy) is 2. The molecule has 0 bridgehead atoms. The topological polar surface area (TPSA) is 130 Å². The number of hydrogen-bond acceptors (Lipinski definition) is 7. The fraction of sp³-hybridized carbons (Fsp3) is 0.472. The largest absolute Gasteiger partial charge is 0.478 e. The first-order valence-electron chi connectivity index (χ1n) is 15.6. The predicted octanol–water partition coefficient (Wildman–Crippen LogP) is 4.72. The molecule has 2 aromatic carbocycles. The number of carboxylic acids is 1. The second-order valence-electron chi connectivity index (χ2n) is 13.9. The molecule has 3 saturated carbocycles. The number of allylic oxidation sites excluding steroid dienone is 4. The van der Waals surface area contributed by atoms with Gasteiger partial charge in [-0.25, -0.2) is 9.18 Å². The first-order valence-corrected chi connectivity index (χ1v) is 15.6. The van der Waals surface area contributed by atoms with Gasteiger partial charge in [0.1, 0.15) is 12.4 Å². The highest BCUT2D eigenvalue weighted by atomic mass is 19.1. The van der Waals surface area contributed by atoms with Crippen LogP contribution in [0.5, 0.6) is 0 Å². The highest BCUT2D eigenvalue weighted by Gasteiger charge is 2.76. The Morgan fingerprint density at radius 3 is 2.51 bits per heavy atom. The van der Waals surface area contributed by atoms with Crippen molar-refractivity contribution in [1.29, 1.82) is 0 Å². The van der Waals surface area contributed by atoms with Gasteiger partial charge >= 0.3 is 5.97 Å². The minimum atomic E-state index is -1.56. The number of carbonyl (C=O) groups excluding carboxylic acids is 2. The number of aromatic carboxylic acids is 1. The van der Waals surface area contributed by atoms with Crippen LogP contribution in [0.3, 0.4) is 0 Å². The van der Waals surface area contributed by atoms with Crippen LogP contribution in [-0.2, 0) is 25.5 Å². The Bertz CT molecular complexity index is 1650. The molecular formula is C36H37FO8. The maximum atomic E-state index is 15.7. The lowest BCUT2D eigenvalue weighted by atomic mass is 9.46. The summed E-state index contributed by atoms with van der Waals surface area (Å²) in [7, 11) is 0. The molecule has 1 aliphatic heterocycles. The van der Waals surface area contributed by atoms with Gasteiger partial charge in [0.2, 0.25) is 0 Å². The van der Waals surface area contributed by atoms with E-state index in [1.54, 1.807) is 36.4 Å². The molecule has 2 aromatic rings. The van der Waals surface area contributed by atoms with E-state index in [4.69, 9.17) is 14.6 Å². The van der Waals surface area contributed by atoms with Crippen molar-refractivity contribution >= 4 is 17.5 Å². The number of ketones is 2. The molecule has 5 aliphatic rings. The van der Waals surface area contributed by atoms with Crippen LogP contribution in [-0.4, -0.2) is 57.3 Å². The van der Waals surface area contributed by atoms with E-state index >= 15 is 4.39 Å². The number of rotatable bonds is 6. The van der Waals surface area contributed by atoms with Crippen LogP contribution in [0.4, 0.5) is 4.39 Å². The summed E-state index contributed by atoms with van der Waals surface area (Å²) < 4.78 is 28.6. The number of fused-ring (bicyclic) bond motifs is 7. The Morgan fingerprint density at radius 1 is 1.09 bits per heavy atom. The molecule has 8 nitrogen and oxygen atoms in total. The molecular weight excluding hydrogens is 579 g/mol. The molecule has 9 heteroatoms. The molecule has 236 valence electrons. The molecule has 1 saturated heterocycles. The second kappa shape index (κ2) is 10.5. The maximum Gasteiger partial charge on any atom is 0.335 e. The molecule has 4 fully saturated rings. The van der Waals surface area contributed by atoms with Gasteiger partial charge in [-0.2, -0.15) is 0 Å². The van der Waals surface area contributed by atoms with Crippen molar-refractivity contribution in [2.24, 2.45) is 28.6 Å². The van der Waals surface area contributed by atoms with Crippen molar-refractivity contribution in [3.8, 4) is 0 Å². The van der Waals surface area contributed by atoms with Gasteiger partial charge in [0.15, 0.2) is 23.5 Å². The molecule has 45 heavy (non-hydrogen) atoms. The van der Waals surface area contributed by atoms with Crippen LogP contribution in [0.25, 0.3) is 0 Å². The normalized spacial score (nSPS) is 38.2. The summed E-state index contributed by atoms with van der Waals surface area (Å²) in [5, 5.41) is 31.1. The first kappa shape index (κ1) is 30.2. The molecule has 0 aromatic heterocycles. The quantitative estimate of drug-likeness (QED) is 0.425. The number of benzene rings is 2. The third kappa shape index (κ3) is 4.35. The number of halogens is 1. The van der Waals surface area contributed by atoms with Crippen molar-refractivity contribution in [2.45, 2.75) is 70.1 Å². The minimum Gasteiger partial charge on any atom is -0.478 e. The monoisotopic (exact) mass is 616 g/mol. The third-order valence-corrected chi connectivity index (χ3v) is 11.7. The van der Waals surface area contributed by atoms with Crippen LogP contribution in [0.2, 0.25) is 0 Å². The van der Waals surface area contributed by atoms with Crippen molar-refractivity contribution in [1.82, 2.24) is 0 Å². The number of aliphatic hydroxyl groups is 2. The number of Topliss-reactive ketones (excluding diaryl/α,β-unsaturated/α-hetero) is 1. The predicted molar refractivity (Wildman–Crippen MR) is 160 cm³/mol. The SMILES string of the molecule is C[C@]12C=CC(=O)C=C1CC[C@@H]1C2[C@@H](O)C[C@@]2(C)C1C[C@H]1O[C@H](c3ccc(Cc4ccc(C(=O)O)cc4)cc3F)O[C@]12C(=O)CO. The fourth-order valence-corrected chi connectivity index (χ4v) is 9.70. The van der Waals surface area contributed by atoms with Crippen molar-refractivity contribution < 1.29 is 43.6 Å². The highest BCUT2D eigenvalue weighted by molar-refractivity contribution is 6.01. The van der Waals surface area contributed by atoms with E-state index in [0.29, 0.717) is 24.8 Å². The molecule has 0 radical (unpaired) electrons. The van der Waals surface area contributed by atoms with Gasteiger partial charge < -0.3 is 24.8 Å². The maximum absolute atomic E-state index is 15.7. The second-order valence-corrected chi connectivity index (χ2v) is 13.9. The van der Waals surface area contributed by atoms with E-state index < -0.39 is 59.1 Å². The van der Waals surface area contributed by atoms with Gasteiger partial charge in [-0.15, -0.1) is 0 Å². The molecule has 1 heterocycles. The van der Waals surface area contributed by atoms with E-state index in [1.807, 2.05) is 13.0 Å². The van der Waals surface area contributed by atoms with E-state index in [-0.39, 0.29) is 41.1 Å². The lowest BCUT2D eigenvalue weighted by Gasteiger charge is -2.59. The molecule has 3 N–H and O–H groups in total. The van der Waals surface area contributed by atoms with Crippen LogP contribution >= 0.6 is 0 Å².